The number of aliphatic hydroxyl groups is 1. The van der Waals surface area contributed by atoms with E-state index in [1.54, 1.807) is 0 Å². The molecule has 0 aromatic rings. The fourth-order valence-electron chi connectivity index (χ4n) is 0.402. The molecule has 2 atom stereocenters. The summed E-state index contributed by atoms with van der Waals surface area (Å²) in [5.41, 5.74) is 0. The Morgan fingerprint density at radius 1 is 1.71 bits per heavy atom. The molecule has 0 aromatic heterocycles. The molecule has 0 aliphatic heterocycles. The topological polar surface area (TPSA) is 20.2 Å². The average Bonchev–Trinajstić information content (AvgIpc) is 1.65. The SMILES string of the molecule is [CH2]C(C)C(O)CC. The molecule has 0 amide bonds. The van der Waals surface area contributed by atoms with Crippen LogP contribution in [-0.2, 0) is 0 Å². The molecule has 0 spiro atoms. The highest BCUT2D eigenvalue weighted by Crippen LogP contribution is 2.02. The molecular formula is C6H13O. The lowest BCUT2D eigenvalue weighted by Gasteiger charge is -2.09. The predicted octanol–water partition coefficient (Wildman–Crippen LogP) is 1.23. The van der Waals surface area contributed by atoms with Crippen molar-refractivity contribution in [2.75, 3.05) is 0 Å². The van der Waals surface area contributed by atoms with Gasteiger partial charge in [-0.1, -0.05) is 13.8 Å². The molecule has 0 rings (SSSR count). The van der Waals surface area contributed by atoms with E-state index in [0.717, 1.165) is 6.42 Å². The van der Waals surface area contributed by atoms with Crippen molar-refractivity contribution in [1.82, 2.24) is 0 Å². The Morgan fingerprint density at radius 2 is 2.14 bits per heavy atom. The second-order valence-corrected chi connectivity index (χ2v) is 1.95. The van der Waals surface area contributed by atoms with Crippen LogP contribution >= 0.6 is 0 Å². The fourth-order valence-corrected chi connectivity index (χ4v) is 0.402. The predicted molar refractivity (Wildman–Crippen MR) is 30.8 cm³/mol. The van der Waals surface area contributed by atoms with E-state index < -0.39 is 0 Å². The first kappa shape index (κ1) is 6.96. The van der Waals surface area contributed by atoms with Crippen LogP contribution in [-0.4, -0.2) is 11.2 Å². The van der Waals surface area contributed by atoms with Crippen molar-refractivity contribution in [2.45, 2.75) is 26.4 Å². The Labute approximate surface area is 45.4 Å². The third-order valence-corrected chi connectivity index (χ3v) is 1.08. The molecular weight excluding hydrogens is 88.1 g/mol. The van der Waals surface area contributed by atoms with E-state index in [9.17, 15) is 0 Å². The van der Waals surface area contributed by atoms with Crippen molar-refractivity contribution in [3.63, 3.8) is 0 Å². The molecule has 0 saturated carbocycles. The number of hydrogen-bond donors (Lipinski definition) is 1. The number of hydrogen-bond acceptors (Lipinski definition) is 1. The average molecular weight is 101 g/mol. The molecule has 0 aliphatic carbocycles. The lowest BCUT2D eigenvalue weighted by molar-refractivity contribution is 0.132. The maximum atomic E-state index is 8.87. The van der Waals surface area contributed by atoms with Gasteiger partial charge in [-0.3, -0.25) is 0 Å². The van der Waals surface area contributed by atoms with E-state index in [4.69, 9.17) is 5.11 Å². The summed E-state index contributed by atoms with van der Waals surface area (Å²) in [6, 6.07) is 0. The minimum absolute atomic E-state index is 0.171. The minimum atomic E-state index is -0.208. The molecule has 7 heavy (non-hydrogen) atoms. The van der Waals surface area contributed by atoms with E-state index in [2.05, 4.69) is 6.92 Å². The van der Waals surface area contributed by atoms with Gasteiger partial charge in [0, 0.05) is 0 Å². The van der Waals surface area contributed by atoms with Crippen molar-refractivity contribution in [3.8, 4) is 0 Å². The van der Waals surface area contributed by atoms with Crippen molar-refractivity contribution in [1.29, 1.82) is 0 Å². The summed E-state index contributed by atoms with van der Waals surface area (Å²) in [6.45, 7) is 7.52. The van der Waals surface area contributed by atoms with Gasteiger partial charge in [0.05, 0.1) is 6.10 Å². The highest BCUT2D eigenvalue weighted by molar-refractivity contribution is 4.62. The van der Waals surface area contributed by atoms with Crippen LogP contribution in [0, 0.1) is 12.8 Å². The van der Waals surface area contributed by atoms with Gasteiger partial charge >= 0.3 is 0 Å². The standard InChI is InChI=1S/C6H13O/c1-4-6(7)5(2)3/h5-7H,2,4H2,1,3H3. The van der Waals surface area contributed by atoms with Crippen molar-refractivity contribution >= 4 is 0 Å². The molecule has 1 heteroatoms. The Morgan fingerprint density at radius 3 is 2.14 bits per heavy atom. The first-order valence-electron chi connectivity index (χ1n) is 2.69. The molecule has 0 aromatic carbocycles. The quantitative estimate of drug-likeness (QED) is 0.554. The van der Waals surface area contributed by atoms with Crippen LogP contribution in [0.15, 0.2) is 0 Å². The first-order valence-corrected chi connectivity index (χ1v) is 2.69. The monoisotopic (exact) mass is 101 g/mol. The van der Waals surface area contributed by atoms with Gasteiger partial charge in [0.1, 0.15) is 0 Å². The summed E-state index contributed by atoms with van der Waals surface area (Å²) in [6.07, 6.45) is 0.602. The summed E-state index contributed by atoms with van der Waals surface area (Å²) in [5, 5.41) is 8.87. The Hall–Kier alpha value is -0.0400. The van der Waals surface area contributed by atoms with Gasteiger partial charge < -0.3 is 5.11 Å². The van der Waals surface area contributed by atoms with Crippen LogP contribution in [0.3, 0.4) is 0 Å². The lowest BCUT2D eigenvalue weighted by Crippen LogP contribution is -2.12. The number of rotatable bonds is 2. The third kappa shape index (κ3) is 2.63. The van der Waals surface area contributed by atoms with Gasteiger partial charge in [-0.05, 0) is 19.3 Å². The van der Waals surface area contributed by atoms with E-state index in [-0.39, 0.29) is 12.0 Å². The second-order valence-electron chi connectivity index (χ2n) is 1.95. The van der Waals surface area contributed by atoms with Gasteiger partial charge in [0.15, 0.2) is 0 Å². The first-order chi connectivity index (χ1) is 3.18. The van der Waals surface area contributed by atoms with Crippen molar-refractivity contribution < 1.29 is 5.11 Å². The largest absolute Gasteiger partial charge is 0.393 e. The molecule has 0 bridgehead atoms. The number of aliphatic hydroxyl groups excluding tert-OH is 1. The van der Waals surface area contributed by atoms with Crippen LogP contribution in [0.2, 0.25) is 0 Å². The lowest BCUT2D eigenvalue weighted by atomic mass is 10.1. The summed E-state index contributed by atoms with van der Waals surface area (Å²) < 4.78 is 0. The normalized spacial score (nSPS) is 15.0. The maximum absolute atomic E-state index is 8.87. The van der Waals surface area contributed by atoms with Crippen LogP contribution < -0.4 is 0 Å². The summed E-state index contributed by atoms with van der Waals surface area (Å²) in [4.78, 5) is 0. The molecule has 0 saturated heterocycles. The Bertz CT molecular complexity index is 41.4. The van der Waals surface area contributed by atoms with Gasteiger partial charge in [-0.15, -0.1) is 0 Å². The smallest absolute Gasteiger partial charge is 0.0563 e. The summed E-state index contributed by atoms with van der Waals surface area (Å²) in [5.74, 6) is 0.171. The molecule has 0 aliphatic rings. The zero-order valence-electron chi connectivity index (χ0n) is 5.02. The van der Waals surface area contributed by atoms with Crippen molar-refractivity contribution in [2.24, 2.45) is 5.92 Å². The summed E-state index contributed by atoms with van der Waals surface area (Å²) >= 11 is 0. The molecule has 43 valence electrons. The van der Waals surface area contributed by atoms with E-state index in [0.29, 0.717) is 0 Å². The third-order valence-electron chi connectivity index (χ3n) is 1.08. The molecule has 0 heterocycles. The van der Waals surface area contributed by atoms with Gasteiger partial charge in [0.2, 0.25) is 0 Å². The van der Waals surface area contributed by atoms with E-state index >= 15 is 0 Å². The molecule has 1 radical (unpaired) electrons. The zero-order valence-corrected chi connectivity index (χ0v) is 5.02. The zero-order chi connectivity index (χ0) is 5.86. The van der Waals surface area contributed by atoms with Gasteiger partial charge in [-0.25, -0.2) is 0 Å². The van der Waals surface area contributed by atoms with Crippen LogP contribution in [0.4, 0.5) is 0 Å². The second kappa shape index (κ2) is 3.03. The minimum Gasteiger partial charge on any atom is -0.393 e. The van der Waals surface area contributed by atoms with Crippen LogP contribution in [0.5, 0.6) is 0 Å². The molecule has 1 nitrogen and oxygen atoms in total. The Kier molecular flexibility index (Phi) is 3.01. The Balaban J connectivity index is 3.14. The highest BCUT2D eigenvalue weighted by Gasteiger charge is 2.03. The fraction of sp³-hybridized carbons (Fsp3) is 0.833. The van der Waals surface area contributed by atoms with Crippen LogP contribution in [0.25, 0.3) is 0 Å². The summed E-state index contributed by atoms with van der Waals surface area (Å²) in [7, 11) is 0. The van der Waals surface area contributed by atoms with E-state index in [1.807, 2.05) is 13.8 Å². The highest BCUT2D eigenvalue weighted by atomic mass is 16.3. The van der Waals surface area contributed by atoms with Crippen molar-refractivity contribution in [3.05, 3.63) is 6.92 Å². The maximum Gasteiger partial charge on any atom is 0.0563 e. The van der Waals surface area contributed by atoms with Gasteiger partial charge in [-0.2, -0.15) is 0 Å². The molecule has 0 fully saturated rings. The molecule has 2 unspecified atom stereocenters. The molecule has 1 N–H and O–H groups in total. The van der Waals surface area contributed by atoms with Gasteiger partial charge in [0.25, 0.3) is 0 Å². The van der Waals surface area contributed by atoms with Crippen LogP contribution in [0.1, 0.15) is 20.3 Å². The van der Waals surface area contributed by atoms with E-state index in [1.165, 1.54) is 0 Å².